The standard InChI is InChI=1S/C22H42O4/c1-5-6-7-8-9-10-11-12-13-14-17-25-21(23)15-16-22(24)26-20(4)18-19(2)3/h19-20H,5-18H2,1-4H3. The Morgan fingerprint density at radius 2 is 1.23 bits per heavy atom. The van der Waals surface area contributed by atoms with Gasteiger partial charge in [-0.2, -0.15) is 0 Å². The Morgan fingerprint density at radius 3 is 1.77 bits per heavy atom. The second-order valence-corrected chi connectivity index (χ2v) is 7.83. The zero-order valence-electron chi connectivity index (χ0n) is 17.7. The van der Waals surface area contributed by atoms with E-state index in [4.69, 9.17) is 9.47 Å². The molecule has 0 N–H and O–H groups in total. The molecular weight excluding hydrogens is 328 g/mol. The summed E-state index contributed by atoms with van der Waals surface area (Å²) < 4.78 is 10.5. The van der Waals surface area contributed by atoms with Gasteiger partial charge in [0.15, 0.2) is 0 Å². The lowest BCUT2D eigenvalue weighted by Gasteiger charge is -2.15. The maximum Gasteiger partial charge on any atom is 0.306 e. The molecule has 0 aromatic rings. The van der Waals surface area contributed by atoms with Crippen LogP contribution in [-0.2, 0) is 19.1 Å². The van der Waals surface area contributed by atoms with Crippen molar-refractivity contribution in [1.82, 2.24) is 0 Å². The zero-order valence-corrected chi connectivity index (χ0v) is 17.7. The number of ether oxygens (including phenoxy) is 2. The van der Waals surface area contributed by atoms with Crippen LogP contribution in [-0.4, -0.2) is 24.6 Å². The van der Waals surface area contributed by atoms with Crippen molar-refractivity contribution >= 4 is 11.9 Å². The van der Waals surface area contributed by atoms with Gasteiger partial charge >= 0.3 is 11.9 Å². The molecule has 1 unspecified atom stereocenters. The van der Waals surface area contributed by atoms with Crippen LogP contribution in [0, 0.1) is 5.92 Å². The molecule has 0 heterocycles. The van der Waals surface area contributed by atoms with Crippen LogP contribution in [0.15, 0.2) is 0 Å². The van der Waals surface area contributed by atoms with Gasteiger partial charge in [0, 0.05) is 0 Å². The molecule has 0 rings (SSSR count). The lowest BCUT2D eigenvalue weighted by molar-refractivity contribution is -0.153. The van der Waals surface area contributed by atoms with E-state index in [2.05, 4.69) is 20.8 Å². The number of esters is 2. The summed E-state index contributed by atoms with van der Waals surface area (Å²) in [6.45, 7) is 8.78. The van der Waals surface area contributed by atoms with Gasteiger partial charge in [-0.15, -0.1) is 0 Å². The van der Waals surface area contributed by atoms with Crippen molar-refractivity contribution in [3.8, 4) is 0 Å². The fraction of sp³-hybridized carbons (Fsp3) is 0.909. The summed E-state index contributed by atoms with van der Waals surface area (Å²) >= 11 is 0. The molecule has 0 aliphatic rings. The van der Waals surface area contributed by atoms with Crippen molar-refractivity contribution in [2.45, 2.75) is 117 Å². The van der Waals surface area contributed by atoms with Gasteiger partial charge in [0.2, 0.25) is 0 Å². The smallest absolute Gasteiger partial charge is 0.306 e. The van der Waals surface area contributed by atoms with Crippen LogP contribution in [0.1, 0.15) is 111 Å². The molecule has 0 aromatic heterocycles. The van der Waals surface area contributed by atoms with Crippen LogP contribution in [0.3, 0.4) is 0 Å². The van der Waals surface area contributed by atoms with Crippen molar-refractivity contribution in [2.75, 3.05) is 6.61 Å². The van der Waals surface area contributed by atoms with Gasteiger partial charge in [-0.1, -0.05) is 78.6 Å². The molecular formula is C22H42O4. The third-order valence-electron chi connectivity index (χ3n) is 4.43. The minimum atomic E-state index is -0.311. The van der Waals surface area contributed by atoms with Gasteiger partial charge in [0.25, 0.3) is 0 Å². The molecule has 4 heteroatoms. The summed E-state index contributed by atoms with van der Waals surface area (Å²) in [5.74, 6) is -0.118. The van der Waals surface area contributed by atoms with E-state index in [0.717, 1.165) is 19.3 Å². The van der Waals surface area contributed by atoms with E-state index >= 15 is 0 Å². The summed E-state index contributed by atoms with van der Waals surface area (Å²) in [7, 11) is 0. The quantitative estimate of drug-likeness (QED) is 0.226. The Morgan fingerprint density at radius 1 is 0.731 bits per heavy atom. The molecule has 4 nitrogen and oxygen atoms in total. The molecule has 0 saturated carbocycles. The lowest BCUT2D eigenvalue weighted by Crippen LogP contribution is -2.18. The molecule has 0 aliphatic carbocycles. The Labute approximate surface area is 161 Å². The van der Waals surface area contributed by atoms with E-state index in [-0.39, 0.29) is 30.9 Å². The van der Waals surface area contributed by atoms with E-state index < -0.39 is 0 Å². The van der Waals surface area contributed by atoms with Crippen molar-refractivity contribution in [2.24, 2.45) is 5.92 Å². The third kappa shape index (κ3) is 17.8. The second-order valence-electron chi connectivity index (χ2n) is 7.83. The summed E-state index contributed by atoms with van der Waals surface area (Å²) in [6.07, 6.45) is 13.6. The topological polar surface area (TPSA) is 52.6 Å². The van der Waals surface area contributed by atoms with Gasteiger partial charge in [-0.05, 0) is 25.7 Å². The van der Waals surface area contributed by atoms with E-state index in [1.807, 2.05) is 6.92 Å². The second kappa shape index (κ2) is 17.4. The fourth-order valence-corrected chi connectivity index (χ4v) is 3.05. The lowest BCUT2D eigenvalue weighted by atomic mass is 10.1. The van der Waals surface area contributed by atoms with Crippen LogP contribution in [0.25, 0.3) is 0 Å². The minimum absolute atomic E-state index is 0.0924. The molecule has 0 aliphatic heterocycles. The molecule has 0 bridgehead atoms. The first-order valence-corrected chi connectivity index (χ1v) is 10.8. The molecule has 0 fully saturated rings. The molecule has 0 spiro atoms. The first-order valence-electron chi connectivity index (χ1n) is 10.8. The molecule has 1 atom stereocenters. The summed E-state index contributed by atoms with van der Waals surface area (Å²) in [5.41, 5.74) is 0. The van der Waals surface area contributed by atoms with Crippen molar-refractivity contribution in [3.63, 3.8) is 0 Å². The summed E-state index contributed by atoms with van der Waals surface area (Å²) in [5, 5.41) is 0. The van der Waals surface area contributed by atoms with Crippen molar-refractivity contribution < 1.29 is 19.1 Å². The van der Waals surface area contributed by atoms with Gasteiger partial charge in [-0.3, -0.25) is 9.59 Å². The average Bonchev–Trinajstić information content (AvgIpc) is 2.57. The third-order valence-corrected chi connectivity index (χ3v) is 4.43. The van der Waals surface area contributed by atoms with Gasteiger partial charge in [0.05, 0.1) is 25.6 Å². The summed E-state index contributed by atoms with van der Waals surface area (Å²) in [4.78, 5) is 23.3. The Hall–Kier alpha value is -1.06. The SMILES string of the molecule is CCCCCCCCCCCCOC(=O)CCC(=O)OC(C)CC(C)C. The highest BCUT2D eigenvalue weighted by Crippen LogP contribution is 2.11. The maximum absolute atomic E-state index is 11.7. The highest BCUT2D eigenvalue weighted by atomic mass is 16.5. The number of carbonyl (C=O) groups excluding carboxylic acids is 2. The van der Waals surface area contributed by atoms with Gasteiger partial charge in [-0.25, -0.2) is 0 Å². The molecule has 0 saturated heterocycles. The Bertz CT molecular complexity index is 352. The molecule has 0 amide bonds. The maximum atomic E-state index is 11.7. The first kappa shape index (κ1) is 24.9. The number of hydrogen-bond donors (Lipinski definition) is 0. The van der Waals surface area contributed by atoms with Gasteiger partial charge < -0.3 is 9.47 Å². The van der Waals surface area contributed by atoms with E-state index in [1.54, 1.807) is 0 Å². The zero-order chi connectivity index (χ0) is 19.6. The van der Waals surface area contributed by atoms with Crippen LogP contribution in [0.5, 0.6) is 0 Å². The van der Waals surface area contributed by atoms with E-state index in [0.29, 0.717) is 12.5 Å². The predicted octanol–water partition coefficient (Wildman–Crippen LogP) is 6.21. The van der Waals surface area contributed by atoms with Crippen LogP contribution in [0.2, 0.25) is 0 Å². The fourth-order valence-electron chi connectivity index (χ4n) is 3.05. The molecule has 26 heavy (non-hydrogen) atoms. The highest BCUT2D eigenvalue weighted by molar-refractivity contribution is 5.77. The predicted molar refractivity (Wildman–Crippen MR) is 107 cm³/mol. The van der Waals surface area contributed by atoms with Crippen LogP contribution >= 0.6 is 0 Å². The number of hydrogen-bond acceptors (Lipinski definition) is 4. The molecule has 154 valence electrons. The number of rotatable bonds is 17. The normalized spacial score (nSPS) is 12.2. The first-order chi connectivity index (χ1) is 12.5. The summed E-state index contributed by atoms with van der Waals surface area (Å²) in [6, 6.07) is 0. The number of unbranched alkanes of at least 4 members (excludes halogenated alkanes) is 9. The average molecular weight is 371 g/mol. The van der Waals surface area contributed by atoms with Crippen LogP contribution in [0.4, 0.5) is 0 Å². The van der Waals surface area contributed by atoms with Crippen molar-refractivity contribution in [3.05, 3.63) is 0 Å². The highest BCUT2D eigenvalue weighted by Gasteiger charge is 2.13. The van der Waals surface area contributed by atoms with Crippen LogP contribution < -0.4 is 0 Å². The van der Waals surface area contributed by atoms with E-state index in [1.165, 1.54) is 51.4 Å². The molecule has 0 radical (unpaired) electrons. The minimum Gasteiger partial charge on any atom is -0.466 e. The van der Waals surface area contributed by atoms with Crippen molar-refractivity contribution in [1.29, 1.82) is 0 Å². The molecule has 0 aromatic carbocycles. The monoisotopic (exact) mass is 370 g/mol. The van der Waals surface area contributed by atoms with E-state index in [9.17, 15) is 9.59 Å². The Kier molecular flexibility index (Phi) is 16.7. The largest absolute Gasteiger partial charge is 0.466 e. The number of carbonyl (C=O) groups is 2. The Balaban J connectivity index is 3.42. The van der Waals surface area contributed by atoms with Gasteiger partial charge in [0.1, 0.15) is 0 Å².